The summed E-state index contributed by atoms with van der Waals surface area (Å²) in [6.45, 7) is 5.01. The summed E-state index contributed by atoms with van der Waals surface area (Å²) < 4.78 is 32.6. The summed E-state index contributed by atoms with van der Waals surface area (Å²) in [5.41, 5.74) is 1.28. The Kier molecular flexibility index (Phi) is 8.26. The summed E-state index contributed by atoms with van der Waals surface area (Å²) in [6.07, 6.45) is 1.93. The highest BCUT2D eigenvalue weighted by atomic mass is 32.2. The third-order valence-corrected chi connectivity index (χ3v) is 7.68. The smallest absolute Gasteiger partial charge is 0.340 e. The Morgan fingerprint density at radius 3 is 2.44 bits per heavy atom. The first kappa shape index (κ1) is 25.2. The van der Waals surface area contributed by atoms with Crippen LogP contribution in [-0.2, 0) is 19.6 Å². The molecule has 34 heavy (non-hydrogen) atoms. The molecule has 0 bridgehead atoms. The Morgan fingerprint density at radius 1 is 1.12 bits per heavy atom. The van der Waals surface area contributed by atoms with Crippen LogP contribution < -0.4 is 10.2 Å². The van der Waals surface area contributed by atoms with Crippen LogP contribution in [-0.4, -0.2) is 57.4 Å². The number of nitriles is 1. The molecule has 0 unspecified atom stereocenters. The Labute approximate surface area is 200 Å². The summed E-state index contributed by atoms with van der Waals surface area (Å²) in [6, 6.07) is 12.9. The molecular formula is C24H28N4O5S. The summed E-state index contributed by atoms with van der Waals surface area (Å²) in [5.74, 6) is -1.40. The number of rotatable bonds is 9. The van der Waals surface area contributed by atoms with Gasteiger partial charge in [0.2, 0.25) is 10.0 Å². The van der Waals surface area contributed by atoms with E-state index in [0.717, 1.165) is 25.9 Å². The predicted octanol–water partition coefficient (Wildman–Crippen LogP) is 2.98. The average molecular weight is 485 g/mol. The Hall–Kier alpha value is -3.42. The van der Waals surface area contributed by atoms with Crippen molar-refractivity contribution < 1.29 is 22.7 Å². The molecule has 1 amide bonds. The molecule has 180 valence electrons. The van der Waals surface area contributed by atoms with E-state index in [0.29, 0.717) is 24.5 Å². The first-order valence-electron chi connectivity index (χ1n) is 11.2. The van der Waals surface area contributed by atoms with Crippen molar-refractivity contribution in [2.75, 3.05) is 43.0 Å². The van der Waals surface area contributed by atoms with Crippen LogP contribution in [0, 0.1) is 11.3 Å². The number of para-hydroxylation sites is 1. The van der Waals surface area contributed by atoms with E-state index >= 15 is 0 Å². The van der Waals surface area contributed by atoms with E-state index in [-0.39, 0.29) is 16.0 Å². The summed E-state index contributed by atoms with van der Waals surface area (Å²) in [5, 5.41) is 11.7. The molecule has 9 nitrogen and oxygen atoms in total. The normalized spacial score (nSPS) is 13.5. The maximum absolute atomic E-state index is 13.0. The highest BCUT2D eigenvalue weighted by Crippen LogP contribution is 2.29. The summed E-state index contributed by atoms with van der Waals surface area (Å²) in [7, 11) is -3.78. The van der Waals surface area contributed by atoms with Gasteiger partial charge in [-0.25, -0.2) is 13.2 Å². The Bertz CT molecular complexity index is 1200. The number of esters is 1. The number of hydrogen-bond donors (Lipinski definition) is 1. The van der Waals surface area contributed by atoms with Gasteiger partial charge >= 0.3 is 5.97 Å². The van der Waals surface area contributed by atoms with Gasteiger partial charge in [-0.15, -0.1) is 0 Å². The van der Waals surface area contributed by atoms with Gasteiger partial charge in [-0.1, -0.05) is 26.0 Å². The molecular weight excluding hydrogens is 456 g/mol. The molecule has 0 spiro atoms. The molecule has 1 N–H and O–H groups in total. The summed E-state index contributed by atoms with van der Waals surface area (Å²) in [4.78, 5) is 27.3. The molecule has 1 aliphatic rings. The van der Waals surface area contributed by atoms with Crippen molar-refractivity contribution in [1.82, 2.24) is 4.31 Å². The zero-order chi connectivity index (χ0) is 24.7. The van der Waals surface area contributed by atoms with E-state index in [1.54, 1.807) is 44.2 Å². The van der Waals surface area contributed by atoms with Crippen molar-refractivity contribution in [3.05, 3.63) is 53.6 Å². The average Bonchev–Trinajstić information content (AvgIpc) is 3.38. The number of ether oxygens (including phenoxy) is 1. The molecule has 10 heteroatoms. The number of nitrogens with zero attached hydrogens (tertiary/aromatic N) is 3. The molecule has 3 rings (SSSR count). The highest BCUT2D eigenvalue weighted by molar-refractivity contribution is 7.89. The first-order chi connectivity index (χ1) is 16.3. The number of hydrogen-bond acceptors (Lipinski definition) is 7. The Morgan fingerprint density at radius 2 is 1.79 bits per heavy atom. The van der Waals surface area contributed by atoms with E-state index in [4.69, 9.17) is 10.00 Å². The van der Waals surface area contributed by atoms with E-state index in [1.165, 1.54) is 16.4 Å². The van der Waals surface area contributed by atoms with E-state index in [2.05, 4.69) is 5.32 Å². The zero-order valence-electron chi connectivity index (χ0n) is 19.3. The van der Waals surface area contributed by atoms with E-state index in [1.807, 2.05) is 11.0 Å². The van der Waals surface area contributed by atoms with Crippen molar-refractivity contribution >= 4 is 33.3 Å². The topological polar surface area (TPSA) is 120 Å². The minimum absolute atomic E-state index is 0.00139. The Balaban J connectivity index is 1.83. The highest BCUT2D eigenvalue weighted by Gasteiger charge is 2.27. The number of benzene rings is 2. The van der Waals surface area contributed by atoms with Gasteiger partial charge < -0.3 is 15.0 Å². The van der Waals surface area contributed by atoms with Crippen molar-refractivity contribution in [3.8, 4) is 6.07 Å². The fraction of sp³-hybridized carbons (Fsp3) is 0.375. The minimum atomic E-state index is -3.78. The molecule has 1 aliphatic heterocycles. The van der Waals surface area contributed by atoms with Crippen molar-refractivity contribution in [1.29, 1.82) is 5.26 Å². The van der Waals surface area contributed by atoms with Crippen LogP contribution in [0.5, 0.6) is 0 Å². The zero-order valence-corrected chi connectivity index (χ0v) is 20.1. The molecule has 2 aromatic rings. The maximum Gasteiger partial charge on any atom is 0.340 e. The van der Waals surface area contributed by atoms with Crippen molar-refractivity contribution in [2.45, 2.75) is 31.6 Å². The van der Waals surface area contributed by atoms with Crippen LogP contribution in [0.3, 0.4) is 0 Å². The van der Waals surface area contributed by atoms with Crippen LogP contribution in [0.4, 0.5) is 11.4 Å². The van der Waals surface area contributed by atoms with Crippen LogP contribution in [0.1, 0.15) is 42.6 Å². The predicted molar refractivity (Wildman–Crippen MR) is 128 cm³/mol. The van der Waals surface area contributed by atoms with E-state index in [9.17, 15) is 18.0 Å². The second-order valence-corrected chi connectivity index (χ2v) is 9.68. The number of sulfonamides is 1. The van der Waals surface area contributed by atoms with Gasteiger partial charge in [-0.2, -0.15) is 9.57 Å². The largest absolute Gasteiger partial charge is 0.452 e. The first-order valence-corrected chi connectivity index (χ1v) is 12.6. The number of carbonyl (C=O) groups is 2. The molecule has 1 fully saturated rings. The number of amides is 1. The third-order valence-electron chi connectivity index (χ3n) is 5.63. The van der Waals surface area contributed by atoms with Crippen LogP contribution in [0.2, 0.25) is 0 Å². The molecule has 1 saturated heterocycles. The van der Waals surface area contributed by atoms with Gasteiger partial charge in [0.25, 0.3) is 5.91 Å². The molecule has 0 saturated carbocycles. The lowest BCUT2D eigenvalue weighted by molar-refractivity contribution is -0.119. The van der Waals surface area contributed by atoms with Crippen LogP contribution in [0.25, 0.3) is 0 Å². The molecule has 2 aromatic carbocycles. The van der Waals surface area contributed by atoms with Gasteiger partial charge in [-0.3, -0.25) is 4.79 Å². The van der Waals surface area contributed by atoms with Crippen molar-refractivity contribution in [2.24, 2.45) is 0 Å². The second-order valence-electron chi connectivity index (χ2n) is 7.74. The monoisotopic (exact) mass is 484 g/mol. The lowest BCUT2D eigenvalue weighted by Crippen LogP contribution is -2.31. The van der Waals surface area contributed by atoms with Gasteiger partial charge in [0.1, 0.15) is 6.07 Å². The van der Waals surface area contributed by atoms with Crippen LogP contribution >= 0.6 is 0 Å². The van der Waals surface area contributed by atoms with Gasteiger partial charge in [0.05, 0.1) is 27.4 Å². The van der Waals surface area contributed by atoms with Gasteiger partial charge in [0.15, 0.2) is 6.61 Å². The number of anilines is 2. The van der Waals surface area contributed by atoms with Crippen molar-refractivity contribution in [3.63, 3.8) is 0 Å². The molecule has 0 radical (unpaired) electrons. The molecule has 0 aliphatic carbocycles. The number of carbonyl (C=O) groups excluding carboxylic acids is 2. The van der Waals surface area contributed by atoms with E-state index < -0.39 is 28.5 Å². The quantitative estimate of drug-likeness (QED) is 0.543. The molecule has 1 heterocycles. The molecule has 0 atom stereocenters. The lowest BCUT2D eigenvalue weighted by atomic mass is 10.1. The molecule has 0 aromatic heterocycles. The van der Waals surface area contributed by atoms with Gasteiger partial charge in [-0.05, 0) is 43.2 Å². The van der Waals surface area contributed by atoms with Crippen LogP contribution in [0.15, 0.2) is 47.4 Å². The maximum atomic E-state index is 13.0. The summed E-state index contributed by atoms with van der Waals surface area (Å²) >= 11 is 0. The fourth-order valence-electron chi connectivity index (χ4n) is 3.87. The SMILES string of the molecule is CCN(CC)S(=O)(=O)c1ccc(N2CCCC2)c(C(=O)OCC(=O)Nc2ccccc2C#N)c1. The second kappa shape index (κ2) is 11.1. The minimum Gasteiger partial charge on any atom is -0.452 e. The third kappa shape index (κ3) is 5.55. The standard InChI is InChI=1S/C24H28N4O5S/c1-3-28(4-2)34(31,32)19-11-12-22(27-13-7-8-14-27)20(15-19)24(30)33-17-23(29)26-21-10-6-5-9-18(21)16-25/h5-6,9-12,15H,3-4,7-8,13-14,17H2,1-2H3,(H,26,29). The van der Waals surface area contributed by atoms with Gasteiger partial charge in [0, 0.05) is 26.2 Å². The number of nitrogens with one attached hydrogen (secondary N) is 1. The lowest BCUT2D eigenvalue weighted by Gasteiger charge is -2.23. The fourth-order valence-corrected chi connectivity index (χ4v) is 5.36.